The molecule has 3 N–H and O–H groups in total. The third-order valence-corrected chi connectivity index (χ3v) is 0.825. The zero-order chi connectivity index (χ0) is 6.57. The number of methoxy groups -OCH3 is 2. The Hall–Kier alpha value is -0.160. The molecule has 0 heterocycles. The predicted octanol–water partition coefficient (Wildman–Crippen LogP) is 0.286. The van der Waals surface area contributed by atoms with Gasteiger partial charge in [0.05, 0.1) is 0 Å². The zero-order valence-electron chi connectivity index (χ0n) is 6.55. The van der Waals surface area contributed by atoms with Gasteiger partial charge in [0.2, 0.25) is 6.41 Å². The Morgan fingerprint density at radius 3 is 1.44 bits per heavy atom. The Morgan fingerprint density at radius 2 is 1.44 bits per heavy atom. The van der Waals surface area contributed by atoms with Gasteiger partial charge in [-0.2, -0.15) is 0 Å². The lowest BCUT2D eigenvalue weighted by molar-refractivity contribution is -0.179. The fourth-order valence-electron chi connectivity index (χ4n) is 0.518. The number of ether oxygens (including phenoxy) is 2. The van der Waals surface area contributed by atoms with Gasteiger partial charge < -0.3 is 15.6 Å². The average Bonchev–Trinajstić information content (AvgIpc) is 1.69. The fourth-order valence-corrected chi connectivity index (χ4v) is 0.518. The largest absolute Gasteiger partial charge is 0.344 e. The molecule has 0 aliphatic carbocycles. The highest BCUT2D eigenvalue weighted by atomic mass is 16.7. The van der Waals surface area contributed by atoms with E-state index in [9.17, 15) is 0 Å². The molecule has 0 radical (unpaired) electrons. The van der Waals surface area contributed by atoms with Gasteiger partial charge in [-0.3, -0.25) is 4.90 Å². The Balaban J connectivity index is 0. The highest BCUT2D eigenvalue weighted by Crippen LogP contribution is 1.91. The standard InChI is InChI=1S/C5H13NO2.H3N/c1-6(2)5(7-3)8-4;/h5H,1-4H3;1H3. The molecule has 4 heteroatoms. The highest BCUT2D eigenvalue weighted by molar-refractivity contribution is 4.33. The monoisotopic (exact) mass is 136 g/mol. The summed E-state index contributed by atoms with van der Waals surface area (Å²) in [5.74, 6) is 0. The molecule has 0 aromatic heterocycles. The minimum Gasteiger partial charge on any atom is -0.344 e. The van der Waals surface area contributed by atoms with Crippen LogP contribution in [0.2, 0.25) is 0 Å². The van der Waals surface area contributed by atoms with Gasteiger partial charge in [-0.15, -0.1) is 0 Å². The van der Waals surface area contributed by atoms with Gasteiger partial charge in [0, 0.05) is 14.2 Å². The van der Waals surface area contributed by atoms with Crippen LogP contribution in [0.5, 0.6) is 0 Å². The predicted molar refractivity (Wildman–Crippen MR) is 36.5 cm³/mol. The van der Waals surface area contributed by atoms with Crippen molar-refractivity contribution in [2.75, 3.05) is 28.3 Å². The molecule has 0 atom stereocenters. The Morgan fingerprint density at radius 1 is 1.11 bits per heavy atom. The Kier molecular flexibility index (Phi) is 7.70. The van der Waals surface area contributed by atoms with Gasteiger partial charge in [-0.05, 0) is 14.1 Å². The summed E-state index contributed by atoms with van der Waals surface area (Å²) >= 11 is 0. The van der Waals surface area contributed by atoms with Crippen LogP contribution in [-0.2, 0) is 9.47 Å². The van der Waals surface area contributed by atoms with Gasteiger partial charge in [-0.1, -0.05) is 0 Å². The van der Waals surface area contributed by atoms with E-state index in [4.69, 9.17) is 9.47 Å². The van der Waals surface area contributed by atoms with E-state index in [0.29, 0.717) is 0 Å². The van der Waals surface area contributed by atoms with Crippen LogP contribution in [0, 0.1) is 0 Å². The van der Waals surface area contributed by atoms with E-state index < -0.39 is 0 Å². The van der Waals surface area contributed by atoms with Crippen molar-refractivity contribution in [2.24, 2.45) is 0 Å². The van der Waals surface area contributed by atoms with Crippen LogP contribution in [0.4, 0.5) is 0 Å². The Bertz CT molecular complexity index is 54.9. The van der Waals surface area contributed by atoms with Gasteiger partial charge in [0.1, 0.15) is 0 Å². The first-order valence-corrected chi connectivity index (χ1v) is 2.44. The second-order valence-electron chi connectivity index (χ2n) is 1.74. The number of hydrogen-bond donors (Lipinski definition) is 1. The maximum Gasteiger partial charge on any atom is 0.217 e. The van der Waals surface area contributed by atoms with Crippen molar-refractivity contribution >= 4 is 0 Å². The van der Waals surface area contributed by atoms with Crippen molar-refractivity contribution < 1.29 is 9.47 Å². The summed E-state index contributed by atoms with van der Waals surface area (Å²) in [5, 5.41) is 0. The number of hydrogen-bond acceptors (Lipinski definition) is 4. The molecule has 0 aromatic rings. The lowest BCUT2D eigenvalue weighted by Gasteiger charge is -2.19. The van der Waals surface area contributed by atoms with Crippen LogP contribution in [0.15, 0.2) is 0 Å². The molecule has 0 fully saturated rings. The molecule has 9 heavy (non-hydrogen) atoms. The van der Waals surface area contributed by atoms with Crippen LogP contribution in [0.1, 0.15) is 0 Å². The van der Waals surface area contributed by atoms with Gasteiger partial charge >= 0.3 is 0 Å². The molecule has 0 rings (SSSR count). The normalized spacial score (nSPS) is 10.0. The molecule has 0 aromatic carbocycles. The molecule has 0 aliphatic heterocycles. The molecule has 0 aliphatic rings. The molecule has 0 amide bonds. The molecule has 4 nitrogen and oxygen atoms in total. The second-order valence-corrected chi connectivity index (χ2v) is 1.74. The third kappa shape index (κ3) is 4.35. The van der Waals surface area contributed by atoms with E-state index >= 15 is 0 Å². The smallest absolute Gasteiger partial charge is 0.217 e. The second kappa shape index (κ2) is 5.97. The van der Waals surface area contributed by atoms with E-state index in [0.717, 1.165) is 0 Å². The summed E-state index contributed by atoms with van der Waals surface area (Å²) in [6.07, 6.45) is -0.213. The highest BCUT2D eigenvalue weighted by Gasteiger charge is 2.04. The van der Waals surface area contributed by atoms with Crippen molar-refractivity contribution in [3.63, 3.8) is 0 Å². The van der Waals surface area contributed by atoms with E-state index in [2.05, 4.69) is 0 Å². The molecule has 0 unspecified atom stereocenters. The maximum atomic E-state index is 4.86. The molecular formula is C5H16N2O2. The molecule has 0 bridgehead atoms. The van der Waals surface area contributed by atoms with E-state index in [1.165, 1.54) is 0 Å². The minimum atomic E-state index is -0.213. The van der Waals surface area contributed by atoms with Crippen LogP contribution < -0.4 is 6.15 Å². The van der Waals surface area contributed by atoms with Crippen molar-refractivity contribution in [3.8, 4) is 0 Å². The maximum absolute atomic E-state index is 4.86. The molecular weight excluding hydrogens is 120 g/mol. The van der Waals surface area contributed by atoms with Crippen molar-refractivity contribution in [1.29, 1.82) is 0 Å². The van der Waals surface area contributed by atoms with Gasteiger partial charge in [-0.25, -0.2) is 0 Å². The number of rotatable bonds is 3. The lowest BCUT2D eigenvalue weighted by Crippen LogP contribution is -2.30. The van der Waals surface area contributed by atoms with Crippen LogP contribution in [0.3, 0.4) is 0 Å². The van der Waals surface area contributed by atoms with Crippen LogP contribution in [-0.4, -0.2) is 39.6 Å². The SMILES string of the molecule is COC(OC)N(C)C.N. The van der Waals surface area contributed by atoms with Crippen molar-refractivity contribution in [1.82, 2.24) is 11.1 Å². The molecule has 0 saturated heterocycles. The first kappa shape index (κ1) is 11.6. The Labute approximate surface area is 56.3 Å². The van der Waals surface area contributed by atoms with Crippen LogP contribution >= 0.6 is 0 Å². The molecule has 58 valence electrons. The van der Waals surface area contributed by atoms with Crippen LogP contribution in [0.25, 0.3) is 0 Å². The van der Waals surface area contributed by atoms with Crippen molar-refractivity contribution in [2.45, 2.75) is 6.41 Å². The first-order chi connectivity index (χ1) is 3.72. The average molecular weight is 136 g/mol. The van der Waals surface area contributed by atoms with E-state index in [1.54, 1.807) is 14.2 Å². The third-order valence-electron chi connectivity index (χ3n) is 0.825. The zero-order valence-corrected chi connectivity index (χ0v) is 6.55. The van der Waals surface area contributed by atoms with Gasteiger partial charge in [0.25, 0.3) is 0 Å². The summed E-state index contributed by atoms with van der Waals surface area (Å²) in [5.41, 5.74) is 0. The fraction of sp³-hybridized carbons (Fsp3) is 1.00. The topological polar surface area (TPSA) is 56.7 Å². The summed E-state index contributed by atoms with van der Waals surface area (Å²) in [4.78, 5) is 1.83. The summed E-state index contributed by atoms with van der Waals surface area (Å²) in [6, 6.07) is 0. The number of nitrogens with zero attached hydrogens (tertiary/aromatic N) is 1. The quantitative estimate of drug-likeness (QED) is 0.566. The lowest BCUT2D eigenvalue weighted by atomic mass is 10.9. The summed E-state index contributed by atoms with van der Waals surface area (Å²) in [7, 11) is 6.98. The van der Waals surface area contributed by atoms with E-state index in [1.807, 2.05) is 19.0 Å². The first-order valence-electron chi connectivity index (χ1n) is 2.44. The minimum absolute atomic E-state index is 0. The van der Waals surface area contributed by atoms with Crippen molar-refractivity contribution in [3.05, 3.63) is 0 Å². The molecule has 0 spiro atoms. The molecule has 0 saturated carbocycles. The van der Waals surface area contributed by atoms with Gasteiger partial charge in [0.15, 0.2) is 0 Å². The van der Waals surface area contributed by atoms with E-state index in [-0.39, 0.29) is 12.6 Å². The summed E-state index contributed by atoms with van der Waals surface area (Å²) in [6.45, 7) is 0. The summed E-state index contributed by atoms with van der Waals surface area (Å²) < 4.78 is 9.73.